The molecule has 2 aromatic carbocycles. The van der Waals surface area contributed by atoms with Gasteiger partial charge in [-0.25, -0.2) is 14.4 Å². The van der Waals surface area contributed by atoms with Gasteiger partial charge in [-0.2, -0.15) is 0 Å². The maximum absolute atomic E-state index is 15.4. The van der Waals surface area contributed by atoms with Gasteiger partial charge >= 0.3 is 41.9 Å². The predicted molar refractivity (Wildman–Crippen MR) is 373 cm³/mol. The number of phosphoric acid groups is 1. The molecular weight excluding hydrogens is 1340 g/mol. The number of ether oxygens (including phenoxy) is 8. The van der Waals surface area contributed by atoms with Crippen molar-refractivity contribution in [2.24, 2.45) is 16.7 Å². The maximum Gasteiger partial charge on any atom is 0.408 e. The highest BCUT2D eigenvalue weighted by Gasteiger charge is 2.78. The number of rotatable bonds is 41. The fourth-order valence-corrected chi connectivity index (χ4v) is 15.2. The monoisotopic (exact) mass is 1450 g/mol. The number of Topliss-reactive ketones (excluding diaryl/α,β-unsaturated/α-hetero) is 1. The van der Waals surface area contributed by atoms with Crippen LogP contribution < -0.4 is 10.2 Å². The van der Waals surface area contributed by atoms with Crippen molar-refractivity contribution in [3.05, 3.63) is 82.9 Å². The molecule has 2 bridgehead atoms. The van der Waals surface area contributed by atoms with E-state index in [2.05, 4.69) is 12.2 Å². The van der Waals surface area contributed by atoms with Crippen molar-refractivity contribution in [2.75, 3.05) is 54.1 Å². The van der Waals surface area contributed by atoms with Crippen LogP contribution in [-0.2, 0) is 80.3 Å². The molecule has 1 amide bonds. The summed E-state index contributed by atoms with van der Waals surface area (Å²) >= 11 is 0. The van der Waals surface area contributed by atoms with Crippen molar-refractivity contribution in [1.29, 1.82) is 0 Å². The van der Waals surface area contributed by atoms with Crippen LogP contribution in [0.2, 0.25) is 0 Å². The Hall–Kier alpha value is -6.15. The minimum absolute atomic E-state index is 0.0294. The van der Waals surface area contributed by atoms with Crippen molar-refractivity contribution in [2.45, 2.75) is 276 Å². The summed E-state index contributed by atoms with van der Waals surface area (Å²) in [5.41, 5.74) is -8.97. The smallest absolute Gasteiger partial charge is 0.408 e. The zero-order valence-corrected chi connectivity index (χ0v) is 63.1. The quantitative estimate of drug-likeness (QED) is 0.0120. The fraction of sp³-hybridized carbons (Fsp3) is 0.711. The van der Waals surface area contributed by atoms with Gasteiger partial charge in [-0.05, 0) is 82.7 Å². The zero-order chi connectivity index (χ0) is 75.3. The number of hydrogen-bond acceptors (Lipinski definition) is 23. The summed E-state index contributed by atoms with van der Waals surface area (Å²) in [4.78, 5) is 125. The van der Waals surface area contributed by atoms with Gasteiger partial charge in [0.15, 0.2) is 17.5 Å². The number of carbonyl (C=O) groups excluding carboxylic acids is 8. The molecule has 0 radical (unpaired) electrons. The molecule has 4 aliphatic rings. The Morgan fingerprint density at radius 2 is 1.26 bits per heavy atom. The van der Waals surface area contributed by atoms with Gasteiger partial charge in [-0.15, -0.1) is 0 Å². The third kappa shape index (κ3) is 23.4. The molecule has 13 atom stereocenters. The summed E-state index contributed by atoms with van der Waals surface area (Å²) in [5.74, 6) is -7.74. The Balaban J connectivity index is 1.15. The van der Waals surface area contributed by atoms with Gasteiger partial charge in [0, 0.05) is 44.4 Å². The number of phosphoric ester groups is 1. The number of amides is 1. The number of nitrogens with one attached hydrogen (secondary N) is 1. The topological polar surface area (TPSA) is 342 Å². The Labute approximate surface area is 602 Å². The van der Waals surface area contributed by atoms with Gasteiger partial charge < -0.3 is 77.0 Å². The van der Waals surface area contributed by atoms with Crippen LogP contribution in [0.4, 0.5) is 4.79 Å². The average Bonchev–Trinajstić information content (AvgIpc) is 0.670. The van der Waals surface area contributed by atoms with E-state index in [9.17, 15) is 53.5 Å². The molecule has 102 heavy (non-hydrogen) atoms. The number of aliphatic hydroxyl groups is 3. The third-order valence-electron chi connectivity index (χ3n) is 20.2. The Kier molecular flexibility index (Phi) is 31.8. The molecule has 3 unspecified atom stereocenters. The van der Waals surface area contributed by atoms with Crippen LogP contribution >= 0.6 is 7.82 Å². The van der Waals surface area contributed by atoms with E-state index in [1.54, 1.807) is 69.3 Å². The minimum Gasteiger partial charge on any atom is -0.756 e. The average molecular weight is 1460 g/mol. The molecule has 26 heteroatoms. The van der Waals surface area contributed by atoms with E-state index < -0.39 is 157 Å². The van der Waals surface area contributed by atoms with Crippen LogP contribution in [0.1, 0.15) is 232 Å². The first-order chi connectivity index (χ1) is 48.0. The number of quaternary nitrogens is 1. The molecule has 6 rings (SSSR count). The molecular formula is C76H115N2O23P. The highest BCUT2D eigenvalue weighted by atomic mass is 31.2. The van der Waals surface area contributed by atoms with E-state index in [1.165, 1.54) is 91.2 Å². The van der Waals surface area contributed by atoms with Crippen molar-refractivity contribution in [1.82, 2.24) is 5.32 Å². The number of alkyl carbamates (subject to hydrolysis) is 1. The van der Waals surface area contributed by atoms with Gasteiger partial charge in [0.1, 0.15) is 61.4 Å². The molecule has 1 heterocycles. The van der Waals surface area contributed by atoms with E-state index in [0.717, 1.165) is 32.6 Å². The third-order valence-corrected chi connectivity index (χ3v) is 21.2. The van der Waals surface area contributed by atoms with E-state index in [1.807, 2.05) is 21.1 Å². The number of esters is 6. The summed E-state index contributed by atoms with van der Waals surface area (Å²) in [6, 6.07) is 14.3. The first-order valence-electron chi connectivity index (χ1n) is 36.6. The fourth-order valence-electron chi connectivity index (χ4n) is 14.5. The van der Waals surface area contributed by atoms with E-state index in [0.29, 0.717) is 43.1 Å². The second kappa shape index (κ2) is 38.2. The molecule has 1 saturated heterocycles. The number of ketones is 1. The van der Waals surface area contributed by atoms with Gasteiger partial charge in [0.2, 0.25) is 6.10 Å². The molecule has 0 aromatic heterocycles. The van der Waals surface area contributed by atoms with Gasteiger partial charge in [0.05, 0.1) is 57.4 Å². The molecule has 25 nitrogen and oxygen atoms in total. The minimum atomic E-state index is -4.84. The molecule has 0 spiro atoms. The summed E-state index contributed by atoms with van der Waals surface area (Å²) in [7, 11) is 0.762. The lowest BCUT2D eigenvalue weighted by Gasteiger charge is -2.67. The Bertz CT molecular complexity index is 3190. The van der Waals surface area contributed by atoms with Crippen LogP contribution in [0, 0.1) is 16.7 Å². The van der Waals surface area contributed by atoms with Crippen LogP contribution in [0.15, 0.2) is 71.8 Å². The summed E-state index contributed by atoms with van der Waals surface area (Å²) in [5, 5.41) is 41.3. The van der Waals surface area contributed by atoms with Crippen molar-refractivity contribution in [3.8, 4) is 0 Å². The Morgan fingerprint density at radius 1 is 0.735 bits per heavy atom. The molecule has 572 valence electrons. The number of carbonyl (C=O) groups is 8. The molecule has 3 fully saturated rings. The second-order valence-electron chi connectivity index (χ2n) is 30.7. The van der Waals surface area contributed by atoms with Crippen molar-refractivity contribution < 1.29 is 115 Å². The SMILES string of the molecule is CCCCCCCCCCCCCCCC(=O)OC[C@@H](COP(=O)([O-])OCC[N+](C)(C)C)OC(=O)CCCCCCCC(=O)OC(C(=O)OC1C[C@@]2(O)[C@@H](OC(=O)c3ccccc3)[C@@H]3[C@]4(OC(C)=O)CO[C@@H]4C[C@H](O)[C@@]3(C)C(=O)[C@H](O)C(=C1C)C2(C)C)[C@@H](NC(=O)OC(C)(C)C)c1ccccc1. The highest BCUT2D eigenvalue weighted by Crippen LogP contribution is 2.64. The van der Waals surface area contributed by atoms with E-state index in [4.69, 9.17) is 46.9 Å². The van der Waals surface area contributed by atoms with Gasteiger partial charge in [0.25, 0.3) is 7.82 Å². The number of benzene rings is 2. The van der Waals surface area contributed by atoms with Crippen LogP contribution in [0.5, 0.6) is 0 Å². The molecule has 2 aromatic rings. The Morgan fingerprint density at radius 3 is 1.78 bits per heavy atom. The summed E-state index contributed by atoms with van der Waals surface area (Å²) < 4.78 is 71.0. The number of fused-ring (bicyclic) bond motifs is 5. The maximum atomic E-state index is 15.4. The summed E-state index contributed by atoms with van der Waals surface area (Å²) in [6.45, 7) is 12.9. The molecule has 3 aliphatic carbocycles. The van der Waals surface area contributed by atoms with E-state index in [-0.39, 0.29) is 67.6 Å². The molecule has 1 aliphatic heterocycles. The van der Waals surface area contributed by atoms with Gasteiger partial charge in [-0.3, -0.25) is 28.5 Å². The normalized spacial score (nSPS) is 25.2. The van der Waals surface area contributed by atoms with Crippen molar-refractivity contribution in [3.63, 3.8) is 0 Å². The van der Waals surface area contributed by atoms with Crippen molar-refractivity contribution >= 4 is 55.5 Å². The first-order valence-corrected chi connectivity index (χ1v) is 38.1. The highest BCUT2D eigenvalue weighted by molar-refractivity contribution is 7.45. The summed E-state index contributed by atoms with van der Waals surface area (Å²) in [6.07, 6.45) is 3.13. The standard InChI is InChI=1S/C76H115N2O23P/c1-13-14-15-16-17-18-19-20-21-22-23-25-34-41-59(81)92-48-55(49-95-102(90,91)94-45-44-78(10,11)12)96-60(82)42-35-26-24-27-36-43-61(83)98-65(63(53-37-30-28-31-38-53)77-71(88)101-72(4,5)6)70(87)97-56-47-76(89)68(99-69(86)54-39-32-29-33-40-54)66-74(9,67(85)64(84)62(51(56)2)73(76,7)8)57(80)46-58-75(66,50-93-58)100-52(3)79/h28-33,37-40,55-58,63-66,68,80,84,89H,13-27,34-36,41-50H2,1-12H3,(H-,77,88,90,91)/t55-,56?,57-,58+,63-,64+,65?,66-,68-,74+,75-,76+/m0/s1. The van der Waals surface area contributed by atoms with Crippen LogP contribution in [0.25, 0.3) is 0 Å². The predicted octanol–water partition coefficient (Wildman–Crippen LogP) is 10.7. The molecule has 4 N–H and O–H groups in total. The van der Waals surface area contributed by atoms with Crippen LogP contribution in [0.3, 0.4) is 0 Å². The molecule has 2 saturated carbocycles. The number of nitrogens with zero attached hydrogens (tertiary/aromatic N) is 1. The lowest BCUT2D eigenvalue weighted by molar-refractivity contribution is -0.870. The largest absolute Gasteiger partial charge is 0.756 e. The van der Waals surface area contributed by atoms with E-state index >= 15 is 9.59 Å². The zero-order valence-electron chi connectivity index (χ0n) is 62.2. The number of hydrogen-bond donors (Lipinski definition) is 4. The number of unbranched alkanes of at least 4 members (excludes halogenated alkanes) is 16. The lowest BCUT2D eigenvalue weighted by atomic mass is 9.44. The lowest BCUT2D eigenvalue weighted by Crippen LogP contribution is -2.81. The van der Waals surface area contributed by atoms with Gasteiger partial charge in [-0.1, -0.05) is 166 Å². The van der Waals surface area contributed by atoms with Crippen LogP contribution in [-0.4, -0.2) is 181 Å². The second-order valence-corrected chi connectivity index (χ2v) is 32.1. The number of likely N-dealkylation sites (N-methyl/N-ethyl adjacent to an activating group) is 1. The first kappa shape index (κ1) is 84.8. The number of aliphatic hydroxyl groups excluding tert-OH is 2.